The number of ether oxygens (including phenoxy) is 1. The van der Waals surface area contributed by atoms with Crippen molar-refractivity contribution in [3.63, 3.8) is 0 Å². The minimum atomic E-state index is 0.469. The second kappa shape index (κ2) is 8.93. The lowest BCUT2D eigenvalue weighted by molar-refractivity contribution is 0.233. The van der Waals surface area contributed by atoms with Crippen LogP contribution in [0, 0.1) is 0 Å². The molecule has 1 aliphatic rings. The van der Waals surface area contributed by atoms with Gasteiger partial charge in [0.1, 0.15) is 11.5 Å². The molecule has 0 aliphatic carbocycles. The topological polar surface area (TPSA) is 88.1 Å². The molecule has 0 amide bonds. The maximum absolute atomic E-state index is 5.49. The van der Waals surface area contributed by atoms with Gasteiger partial charge in [0, 0.05) is 44.5 Å². The summed E-state index contributed by atoms with van der Waals surface area (Å²) >= 11 is 1.62. The minimum absolute atomic E-state index is 0.469. The summed E-state index contributed by atoms with van der Waals surface area (Å²) in [5.41, 5.74) is 5.63. The van der Waals surface area contributed by atoms with Crippen molar-refractivity contribution in [2.75, 3.05) is 38.6 Å². The summed E-state index contributed by atoms with van der Waals surface area (Å²) < 4.78 is 6.63. The first-order valence-corrected chi connectivity index (χ1v) is 11.1. The van der Waals surface area contributed by atoms with Crippen molar-refractivity contribution in [3.05, 3.63) is 53.8 Å². The summed E-state index contributed by atoms with van der Waals surface area (Å²) in [5, 5.41) is 6.58. The van der Waals surface area contributed by atoms with E-state index >= 15 is 0 Å². The van der Waals surface area contributed by atoms with Crippen LogP contribution in [0.4, 0.5) is 11.8 Å². The normalized spacial score (nSPS) is 14.6. The van der Waals surface area contributed by atoms with Crippen molar-refractivity contribution < 1.29 is 4.74 Å². The van der Waals surface area contributed by atoms with E-state index in [1.165, 1.54) is 5.56 Å². The first-order chi connectivity index (χ1) is 15.3. The number of methoxy groups -OCH3 is 1. The van der Waals surface area contributed by atoms with E-state index in [1.807, 2.05) is 29.9 Å². The van der Waals surface area contributed by atoms with Gasteiger partial charge in [0.25, 0.3) is 0 Å². The van der Waals surface area contributed by atoms with E-state index in [9.17, 15) is 0 Å². The molecule has 5 rings (SSSR count). The highest BCUT2D eigenvalue weighted by molar-refractivity contribution is 7.16. The first-order valence-electron chi connectivity index (χ1n) is 10.2. The fraction of sp³-hybridized carbons (Fsp3) is 0.273. The summed E-state index contributed by atoms with van der Waals surface area (Å²) in [6, 6.07) is 10.2. The van der Waals surface area contributed by atoms with Gasteiger partial charge in [0.2, 0.25) is 5.95 Å². The molecule has 0 bridgehead atoms. The molecule has 9 heteroatoms. The predicted molar refractivity (Wildman–Crippen MR) is 123 cm³/mol. The number of hydrogen-bond donors (Lipinski definition) is 2. The van der Waals surface area contributed by atoms with Crippen LogP contribution in [0.3, 0.4) is 0 Å². The summed E-state index contributed by atoms with van der Waals surface area (Å²) in [6.07, 6.45) is 3.58. The third kappa shape index (κ3) is 4.48. The number of nitrogens with one attached hydrogen (secondary N) is 2. The van der Waals surface area contributed by atoms with Gasteiger partial charge in [-0.3, -0.25) is 4.90 Å². The van der Waals surface area contributed by atoms with E-state index in [-0.39, 0.29) is 0 Å². The zero-order chi connectivity index (χ0) is 21.0. The zero-order valence-corrected chi connectivity index (χ0v) is 18.0. The van der Waals surface area contributed by atoms with E-state index in [1.54, 1.807) is 24.6 Å². The molecular formula is C22H23N7OS. The molecule has 8 nitrogen and oxygen atoms in total. The number of thiazole rings is 1. The standard InChI is InChI=1S/C22H23N7OS/c1-30-18-12-25-22(28-21(18)16-3-4-19-17(10-16)26-14-31-19)27-20-5-2-15(11-24-20)13-29-8-6-23-7-9-29/h2-5,10-12,14,23H,6-9,13H2,1H3,(H,24,25,27,28). The summed E-state index contributed by atoms with van der Waals surface area (Å²) in [4.78, 5) is 20.4. The quantitative estimate of drug-likeness (QED) is 0.479. The van der Waals surface area contributed by atoms with Crippen LogP contribution in [-0.4, -0.2) is 58.1 Å². The average Bonchev–Trinajstić information content (AvgIpc) is 3.29. The van der Waals surface area contributed by atoms with Crippen LogP contribution in [0.5, 0.6) is 5.75 Å². The van der Waals surface area contributed by atoms with Crippen LogP contribution in [-0.2, 0) is 6.54 Å². The third-order valence-electron chi connectivity index (χ3n) is 5.26. The predicted octanol–water partition coefficient (Wildman–Crippen LogP) is 3.31. The Morgan fingerprint density at radius 3 is 2.81 bits per heavy atom. The van der Waals surface area contributed by atoms with Crippen molar-refractivity contribution in [3.8, 4) is 17.0 Å². The van der Waals surface area contributed by atoms with Crippen molar-refractivity contribution in [2.24, 2.45) is 0 Å². The Bertz CT molecular complexity index is 1170. The van der Waals surface area contributed by atoms with E-state index in [4.69, 9.17) is 4.74 Å². The Morgan fingerprint density at radius 2 is 2.00 bits per heavy atom. The molecule has 31 heavy (non-hydrogen) atoms. The van der Waals surface area contributed by atoms with Gasteiger partial charge in [0.05, 0.1) is 29.0 Å². The largest absolute Gasteiger partial charge is 0.493 e. The summed E-state index contributed by atoms with van der Waals surface area (Å²) in [6.45, 7) is 5.13. The Kier molecular flexibility index (Phi) is 5.70. The maximum atomic E-state index is 5.49. The van der Waals surface area contributed by atoms with E-state index < -0.39 is 0 Å². The lowest BCUT2D eigenvalue weighted by Crippen LogP contribution is -2.42. The van der Waals surface area contributed by atoms with Crippen LogP contribution in [0.15, 0.2) is 48.2 Å². The maximum Gasteiger partial charge on any atom is 0.229 e. The number of benzene rings is 1. The number of rotatable bonds is 6. The minimum Gasteiger partial charge on any atom is -0.493 e. The lowest BCUT2D eigenvalue weighted by Gasteiger charge is -2.27. The van der Waals surface area contributed by atoms with Gasteiger partial charge in [0.15, 0.2) is 5.75 Å². The van der Waals surface area contributed by atoms with Crippen molar-refractivity contribution >= 4 is 33.3 Å². The van der Waals surface area contributed by atoms with Gasteiger partial charge < -0.3 is 15.4 Å². The van der Waals surface area contributed by atoms with Crippen LogP contribution < -0.4 is 15.4 Å². The molecule has 4 aromatic rings. The number of anilines is 2. The van der Waals surface area contributed by atoms with E-state index in [0.717, 1.165) is 48.5 Å². The van der Waals surface area contributed by atoms with E-state index in [0.29, 0.717) is 23.2 Å². The fourth-order valence-electron chi connectivity index (χ4n) is 3.63. The van der Waals surface area contributed by atoms with Crippen LogP contribution in [0.25, 0.3) is 21.5 Å². The molecule has 4 heterocycles. The summed E-state index contributed by atoms with van der Waals surface area (Å²) in [7, 11) is 1.62. The SMILES string of the molecule is COc1cnc(Nc2ccc(CN3CCNCC3)cn2)nc1-c1ccc2scnc2c1. The van der Waals surface area contributed by atoms with Gasteiger partial charge >= 0.3 is 0 Å². The van der Waals surface area contributed by atoms with Gasteiger partial charge in [-0.2, -0.15) is 0 Å². The second-order valence-electron chi connectivity index (χ2n) is 7.35. The molecule has 1 aromatic carbocycles. The molecular weight excluding hydrogens is 410 g/mol. The number of nitrogens with zero attached hydrogens (tertiary/aromatic N) is 5. The molecule has 0 atom stereocenters. The average molecular weight is 434 g/mol. The zero-order valence-electron chi connectivity index (χ0n) is 17.2. The number of aromatic nitrogens is 4. The van der Waals surface area contributed by atoms with Crippen LogP contribution >= 0.6 is 11.3 Å². The lowest BCUT2D eigenvalue weighted by atomic mass is 10.1. The molecule has 0 unspecified atom stereocenters. The highest BCUT2D eigenvalue weighted by atomic mass is 32.1. The van der Waals surface area contributed by atoms with E-state index in [2.05, 4.69) is 47.6 Å². The fourth-order valence-corrected chi connectivity index (χ4v) is 4.29. The van der Waals surface area contributed by atoms with Crippen LogP contribution in [0.1, 0.15) is 5.56 Å². The molecule has 1 saturated heterocycles. The van der Waals surface area contributed by atoms with Gasteiger partial charge in [-0.25, -0.2) is 19.9 Å². The van der Waals surface area contributed by atoms with Gasteiger partial charge in [-0.15, -0.1) is 11.3 Å². The highest BCUT2D eigenvalue weighted by Crippen LogP contribution is 2.31. The smallest absolute Gasteiger partial charge is 0.229 e. The molecule has 158 valence electrons. The van der Waals surface area contributed by atoms with Crippen molar-refractivity contribution in [1.82, 2.24) is 30.2 Å². The molecule has 3 aromatic heterocycles. The van der Waals surface area contributed by atoms with Crippen molar-refractivity contribution in [1.29, 1.82) is 0 Å². The highest BCUT2D eigenvalue weighted by Gasteiger charge is 2.13. The Hall–Kier alpha value is -3.14. The third-order valence-corrected chi connectivity index (χ3v) is 6.07. The molecule has 0 radical (unpaired) electrons. The van der Waals surface area contributed by atoms with Gasteiger partial charge in [-0.1, -0.05) is 12.1 Å². The summed E-state index contributed by atoms with van der Waals surface area (Å²) in [5.74, 6) is 1.78. The number of fused-ring (bicyclic) bond motifs is 1. The second-order valence-corrected chi connectivity index (χ2v) is 8.23. The molecule has 1 fully saturated rings. The first kappa shape index (κ1) is 19.8. The van der Waals surface area contributed by atoms with Crippen LogP contribution in [0.2, 0.25) is 0 Å². The van der Waals surface area contributed by atoms with Crippen molar-refractivity contribution in [2.45, 2.75) is 6.54 Å². The Morgan fingerprint density at radius 1 is 1.10 bits per heavy atom. The molecule has 0 saturated carbocycles. The Labute approximate surface area is 184 Å². The number of piperazine rings is 1. The Balaban J connectivity index is 1.35. The van der Waals surface area contributed by atoms with Gasteiger partial charge in [-0.05, 0) is 23.8 Å². The number of hydrogen-bond acceptors (Lipinski definition) is 9. The molecule has 0 spiro atoms. The molecule has 2 N–H and O–H groups in total. The molecule has 1 aliphatic heterocycles. The number of pyridine rings is 1. The monoisotopic (exact) mass is 433 g/mol.